The minimum absolute atomic E-state index is 0.802. The van der Waals surface area contributed by atoms with Crippen LogP contribution in [-0.2, 0) is 11.3 Å². The van der Waals surface area contributed by atoms with Crippen molar-refractivity contribution in [3.8, 4) is 0 Å². The summed E-state index contributed by atoms with van der Waals surface area (Å²) >= 11 is 1.63. The van der Waals surface area contributed by atoms with E-state index in [0.717, 1.165) is 43.7 Å². The Morgan fingerprint density at radius 1 is 1.18 bits per heavy atom. The molecule has 0 N–H and O–H groups in total. The first-order valence-electron chi connectivity index (χ1n) is 7.60. The molecule has 22 heavy (non-hydrogen) atoms. The molecule has 0 aliphatic carbocycles. The Balaban J connectivity index is 1.71. The third kappa shape index (κ3) is 3.34. The van der Waals surface area contributed by atoms with Gasteiger partial charge >= 0.3 is 5.13 Å². The van der Waals surface area contributed by atoms with Crippen molar-refractivity contribution in [2.24, 2.45) is 10.2 Å². The lowest BCUT2D eigenvalue weighted by Gasteiger charge is -2.28. The number of aryl methyl sites for hydroxylation is 1. The number of thiazole rings is 1. The Kier molecular flexibility index (Phi) is 4.80. The predicted molar refractivity (Wildman–Crippen MR) is 88.6 cm³/mol. The van der Waals surface area contributed by atoms with Crippen molar-refractivity contribution >= 4 is 27.8 Å². The van der Waals surface area contributed by atoms with Crippen LogP contribution in [0.2, 0.25) is 0 Å². The minimum atomic E-state index is 0.802. The van der Waals surface area contributed by atoms with Gasteiger partial charge in [0.15, 0.2) is 0 Å². The maximum atomic E-state index is 5.38. The summed E-state index contributed by atoms with van der Waals surface area (Å²) in [5.41, 5.74) is 3.33. The molecule has 0 amide bonds. The quantitative estimate of drug-likeness (QED) is 0.638. The monoisotopic (exact) mass is 317 g/mol. The number of azo groups is 1. The van der Waals surface area contributed by atoms with Gasteiger partial charge in [0.2, 0.25) is 0 Å². The van der Waals surface area contributed by atoms with Gasteiger partial charge in [0.25, 0.3) is 0 Å². The number of rotatable bonds is 4. The Morgan fingerprint density at radius 2 is 1.91 bits per heavy atom. The van der Waals surface area contributed by atoms with Crippen molar-refractivity contribution in [1.82, 2.24) is 0 Å². The molecular weight excluding hydrogens is 296 g/mol. The summed E-state index contributed by atoms with van der Waals surface area (Å²) in [6, 6.07) is 8.25. The number of aromatic nitrogens is 1. The van der Waals surface area contributed by atoms with Crippen molar-refractivity contribution in [2.75, 3.05) is 31.2 Å². The largest absolute Gasteiger partial charge is 0.408 e. The number of morpholine rings is 1. The van der Waals surface area contributed by atoms with E-state index < -0.39 is 0 Å². The minimum Gasteiger partial charge on any atom is -0.378 e. The van der Waals surface area contributed by atoms with Gasteiger partial charge < -0.3 is 9.64 Å². The third-order valence-electron chi connectivity index (χ3n) is 3.78. The van der Waals surface area contributed by atoms with Crippen LogP contribution in [0.4, 0.5) is 16.5 Å². The SMILES string of the molecule is CC[n+]1c(C)csc1/N=N/c1ccc(N2CCOCC2)cc1. The molecule has 0 atom stereocenters. The van der Waals surface area contributed by atoms with Crippen molar-refractivity contribution in [1.29, 1.82) is 0 Å². The first-order chi connectivity index (χ1) is 10.8. The maximum absolute atomic E-state index is 5.38. The molecule has 2 aromatic rings. The zero-order valence-corrected chi connectivity index (χ0v) is 13.8. The number of nitrogens with zero attached hydrogens (tertiary/aromatic N) is 4. The van der Waals surface area contributed by atoms with E-state index in [0.29, 0.717) is 0 Å². The molecule has 5 nitrogen and oxygen atoms in total. The molecule has 0 unspecified atom stereocenters. The molecule has 0 bridgehead atoms. The molecule has 2 heterocycles. The highest BCUT2D eigenvalue weighted by Gasteiger charge is 2.14. The lowest BCUT2D eigenvalue weighted by molar-refractivity contribution is -0.682. The van der Waals surface area contributed by atoms with Crippen molar-refractivity contribution in [3.63, 3.8) is 0 Å². The van der Waals surface area contributed by atoms with Crippen molar-refractivity contribution in [2.45, 2.75) is 20.4 Å². The number of hydrogen-bond donors (Lipinski definition) is 0. The Bertz CT molecular complexity index is 645. The Morgan fingerprint density at radius 3 is 2.59 bits per heavy atom. The van der Waals surface area contributed by atoms with E-state index in [1.165, 1.54) is 11.4 Å². The Hall–Kier alpha value is -1.79. The van der Waals surface area contributed by atoms with Crippen molar-refractivity contribution in [3.05, 3.63) is 35.3 Å². The van der Waals surface area contributed by atoms with Crippen LogP contribution in [-0.4, -0.2) is 26.3 Å². The molecule has 3 rings (SSSR count). The van der Waals surface area contributed by atoms with E-state index in [9.17, 15) is 0 Å². The van der Waals surface area contributed by atoms with Gasteiger partial charge in [-0.2, -0.15) is 0 Å². The van der Waals surface area contributed by atoms with Crippen LogP contribution >= 0.6 is 11.3 Å². The third-order valence-corrected chi connectivity index (χ3v) is 4.76. The van der Waals surface area contributed by atoms with Crippen molar-refractivity contribution < 1.29 is 9.30 Å². The summed E-state index contributed by atoms with van der Waals surface area (Å²) in [6.45, 7) is 8.63. The molecule has 0 saturated carbocycles. The number of ether oxygens (including phenoxy) is 1. The van der Waals surface area contributed by atoms with Crippen LogP contribution < -0.4 is 9.47 Å². The zero-order chi connectivity index (χ0) is 15.4. The fourth-order valence-electron chi connectivity index (χ4n) is 2.53. The van der Waals surface area contributed by atoms with E-state index in [1.807, 2.05) is 12.1 Å². The Labute approximate surface area is 134 Å². The van der Waals surface area contributed by atoms with E-state index in [1.54, 1.807) is 11.3 Å². The number of anilines is 1. The normalized spacial score (nSPS) is 15.6. The lowest BCUT2D eigenvalue weighted by atomic mass is 10.2. The molecule has 0 radical (unpaired) electrons. The van der Waals surface area contributed by atoms with Crippen LogP contribution in [0, 0.1) is 6.92 Å². The molecule has 1 aliphatic heterocycles. The molecule has 1 fully saturated rings. The first-order valence-corrected chi connectivity index (χ1v) is 8.48. The number of benzene rings is 1. The highest BCUT2D eigenvalue weighted by molar-refractivity contribution is 7.12. The van der Waals surface area contributed by atoms with Crippen LogP contribution in [0.3, 0.4) is 0 Å². The summed E-state index contributed by atoms with van der Waals surface area (Å²) in [5.74, 6) is 0. The van der Waals surface area contributed by atoms with Crippen LogP contribution in [0.15, 0.2) is 39.9 Å². The maximum Gasteiger partial charge on any atom is 0.408 e. The van der Waals surface area contributed by atoms with Gasteiger partial charge in [-0.05, 0) is 54.6 Å². The van der Waals surface area contributed by atoms with E-state index in [-0.39, 0.29) is 0 Å². The number of hydrogen-bond acceptors (Lipinski definition) is 5. The predicted octanol–water partition coefficient (Wildman–Crippen LogP) is 3.62. The average molecular weight is 317 g/mol. The smallest absolute Gasteiger partial charge is 0.378 e. The zero-order valence-electron chi connectivity index (χ0n) is 13.0. The molecule has 1 saturated heterocycles. The lowest BCUT2D eigenvalue weighted by Crippen LogP contribution is -2.36. The molecular formula is C16H21N4OS+. The second-order valence-electron chi connectivity index (χ2n) is 5.22. The molecule has 6 heteroatoms. The van der Waals surface area contributed by atoms with Gasteiger partial charge in [-0.15, -0.1) is 0 Å². The van der Waals surface area contributed by atoms with Gasteiger partial charge in [-0.1, -0.05) is 0 Å². The van der Waals surface area contributed by atoms with E-state index >= 15 is 0 Å². The average Bonchev–Trinajstić information content (AvgIpc) is 2.94. The summed E-state index contributed by atoms with van der Waals surface area (Å²) in [7, 11) is 0. The summed E-state index contributed by atoms with van der Waals surface area (Å²) in [4.78, 5) is 2.33. The standard InChI is InChI=1S/C16H21N4OS/c1-3-20-13(2)12-22-16(20)18-17-14-4-6-15(7-5-14)19-8-10-21-11-9-19/h4-7,12H,3,8-11H2,1-2H3/q+1. The van der Waals surface area contributed by atoms with E-state index in [4.69, 9.17) is 4.74 Å². The van der Waals surface area contributed by atoms with Crippen LogP contribution in [0.1, 0.15) is 12.6 Å². The van der Waals surface area contributed by atoms with Gasteiger partial charge in [0, 0.05) is 24.2 Å². The van der Waals surface area contributed by atoms with Gasteiger partial charge in [0.05, 0.1) is 24.9 Å². The van der Waals surface area contributed by atoms with Gasteiger partial charge in [-0.3, -0.25) is 0 Å². The van der Waals surface area contributed by atoms with Crippen LogP contribution in [0.5, 0.6) is 0 Å². The molecule has 116 valence electrons. The van der Waals surface area contributed by atoms with Crippen LogP contribution in [0.25, 0.3) is 0 Å². The molecule has 1 aromatic carbocycles. The fourth-order valence-corrected chi connectivity index (χ4v) is 3.42. The molecule has 1 aliphatic rings. The molecule has 0 spiro atoms. The molecule has 1 aromatic heterocycles. The summed E-state index contributed by atoms with van der Waals surface area (Å²) in [6.07, 6.45) is 0. The highest BCUT2D eigenvalue weighted by Crippen LogP contribution is 2.23. The fraction of sp³-hybridized carbons (Fsp3) is 0.438. The summed E-state index contributed by atoms with van der Waals surface area (Å²) in [5, 5.41) is 11.8. The van der Waals surface area contributed by atoms with Gasteiger partial charge in [0.1, 0.15) is 11.4 Å². The van der Waals surface area contributed by atoms with E-state index in [2.05, 4.69) is 51.1 Å². The second-order valence-corrected chi connectivity index (χ2v) is 6.06. The topological polar surface area (TPSA) is 41.1 Å². The highest BCUT2D eigenvalue weighted by atomic mass is 32.1. The summed E-state index contributed by atoms with van der Waals surface area (Å²) < 4.78 is 7.54. The second kappa shape index (κ2) is 6.98. The first kappa shape index (κ1) is 15.1. The van der Waals surface area contributed by atoms with Gasteiger partial charge in [-0.25, -0.2) is 4.57 Å².